The van der Waals surface area contributed by atoms with Crippen molar-refractivity contribution in [2.24, 2.45) is 0 Å². The molecule has 0 radical (unpaired) electrons. The van der Waals surface area contributed by atoms with E-state index in [1.807, 2.05) is 0 Å². The summed E-state index contributed by atoms with van der Waals surface area (Å²) in [5.41, 5.74) is 7.17. The minimum atomic E-state index is -0.429. The van der Waals surface area contributed by atoms with Crippen molar-refractivity contribution in [1.82, 2.24) is 24.9 Å². The first-order valence-electron chi connectivity index (χ1n) is 4.81. The van der Waals surface area contributed by atoms with Crippen molar-refractivity contribution in [1.29, 1.82) is 0 Å². The van der Waals surface area contributed by atoms with Crippen LogP contribution in [0.25, 0.3) is 22.6 Å². The third-order valence-corrected chi connectivity index (χ3v) is 2.30. The highest BCUT2D eigenvalue weighted by Crippen LogP contribution is 2.20. The summed E-state index contributed by atoms with van der Waals surface area (Å²) in [6, 6.07) is 1.33. The van der Waals surface area contributed by atoms with E-state index in [1.54, 1.807) is 0 Å². The Bertz CT molecular complexity index is 692. The summed E-state index contributed by atoms with van der Waals surface area (Å²) in [5.74, 6) is 0.333. The number of anilines is 1. The molecule has 0 bridgehead atoms. The molecular formula is C10H7FN6. The first kappa shape index (κ1) is 9.64. The maximum atomic E-state index is 13.0. The Kier molecular flexibility index (Phi) is 1.97. The molecule has 0 saturated carbocycles. The van der Waals surface area contributed by atoms with Crippen molar-refractivity contribution < 1.29 is 4.39 Å². The van der Waals surface area contributed by atoms with Gasteiger partial charge in [0.1, 0.15) is 23.5 Å². The zero-order valence-corrected chi connectivity index (χ0v) is 8.55. The second-order valence-corrected chi connectivity index (χ2v) is 3.43. The van der Waals surface area contributed by atoms with Crippen LogP contribution in [-0.4, -0.2) is 24.9 Å². The lowest BCUT2D eigenvalue weighted by Gasteiger charge is -1.94. The van der Waals surface area contributed by atoms with E-state index in [0.29, 0.717) is 28.4 Å². The Morgan fingerprint density at radius 2 is 2.12 bits per heavy atom. The normalized spacial score (nSPS) is 10.9. The number of halogens is 1. The molecule has 0 aliphatic carbocycles. The molecule has 0 aliphatic rings. The SMILES string of the molecule is Nc1ncnc2nc(-c3cncc(F)c3)[nH]c12. The molecule has 0 aromatic carbocycles. The average Bonchev–Trinajstić information content (AvgIpc) is 2.74. The van der Waals surface area contributed by atoms with E-state index in [0.717, 1.165) is 6.20 Å². The fourth-order valence-electron chi connectivity index (χ4n) is 1.52. The van der Waals surface area contributed by atoms with Crippen LogP contribution in [0.15, 0.2) is 24.8 Å². The number of imidazole rings is 1. The summed E-state index contributed by atoms with van der Waals surface area (Å²) in [5, 5.41) is 0. The van der Waals surface area contributed by atoms with Crippen LogP contribution in [-0.2, 0) is 0 Å². The van der Waals surface area contributed by atoms with Gasteiger partial charge >= 0.3 is 0 Å². The van der Waals surface area contributed by atoms with Crippen LogP contribution >= 0.6 is 0 Å². The van der Waals surface area contributed by atoms with Crippen molar-refractivity contribution in [3.05, 3.63) is 30.6 Å². The summed E-state index contributed by atoms with van der Waals surface area (Å²) in [6.07, 6.45) is 3.96. The minimum absolute atomic E-state index is 0.304. The molecule has 0 amide bonds. The largest absolute Gasteiger partial charge is 0.382 e. The molecule has 0 unspecified atom stereocenters. The molecule has 0 saturated heterocycles. The number of hydrogen-bond donors (Lipinski definition) is 2. The number of nitrogens with zero attached hydrogens (tertiary/aromatic N) is 4. The number of nitrogens with two attached hydrogens (primary N) is 1. The zero-order valence-electron chi connectivity index (χ0n) is 8.55. The molecular weight excluding hydrogens is 223 g/mol. The molecule has 3 rings (SSSR count). The van der Waals surface area contributed by atoms with Crippen LogP contribution in [0.5, 0.6) is 0 Å². The molecule has 3 aromatic rings. The average molecular weight is 230 g/mol. The highest BCUT2D eigenvalue weighted by Gasteiger charge is 2.09. The van der Waals surface area contributed by atoms with Crippen LogP contribution in [0, 0.1) is 5.82 Å². The maximum absolute atomic E-state index is 13.0. The monoisotopic (exact) mass is 230 g/mol. The van der Waals surface area contributed by atoms with Gasteiger partial charge in [0.2, 0.25) is 0 Å². The van der Waals surface area contributed by atoms with E-state index < -0.39 is 5.82 Å². The smallest absolute Gasteiger partial charge is 0.183 e. The first-order chi connectivity index (χ1) is 8.24. The van der Waals surface area contributed by atoms with E-state index >= 15 is 0 Å². The Labute approximate surface area is 94.8 Å². The molecule has 0 atom stereocenters. The van der Waals surface area contributed by atoms with Gasteiger partial charge in [-0.1, -0.05) is 0 Å². The van der Waals surface area contributed by atoms with E-state index in [4.69, 9.17) is 5.73 Å². The van der Waals surface area contributed by atoms with Crippen LogP contribution in [0.2, 0.25) is 0 Å². The lowest BCUT2D eigenvalue weighted by molar-refractivity contribution is 0.622. The van der Waals surface area contributed by atoms with Crippen LogP contribution < -0.4 is 5.73 Å². The molecule has 84 valence electrons. The van der Waals surface area contributed by atoms with Gasteiger partial charge < -0.3 is 10.7 Å². The molecule has 0 spiro atoms. The number of pyridine rings is 1. The van der Waals surface area contributed by atoms with Gasteiger partial charge in [-0.2, -0.15) is 0 Å². The molecule has 3 heterocycles. The number of fused-ring (bicyclic) bond motifs is 1. The predicted octanol–water partition coefficient (Wildman–Crippen LogP) is 1.14. The van der Waals surface area contributed by atoms with Crippen LogP contribution in [0.3, 0.4) is 0 Å². The van der Waals surface area contributed by atoms with Gasteiger partial charge in [-0.25, -0.2) is 19.3 Å². The quantitative estimate of drug-likeness (QED) is 0.653. The first-order valence-corrected chi connectivity index (χ1v) is 4.81. The minimum Gasteiger partial charge on any atom is -0.382 e. The van der Waals surface area contributed by atoms with Crippen LogP contribution in [0.1, 0.15) is 0 Å². The number of hydrogen-bond acceptors (Lipinski definition) is 5. The molecule has 17 heavy (non-hydrogen) atoms. The topological polar surface area (TPSA) is 93.4 Å². The summed E-state index contributed by atoms with van der Waals surface area (Å²) in [6.45, 7) is 0. The molecule has 3 N–H and O–H groups in total. The van der Waals surface area contributed by atoms with E-state index in [1.165, 1.54) is 18.6 Å². The number of aromatic amines is 1. The predicted molar refractivity (Wildman–Crippen MR) is 59.3 cm³/mol. The molecule has 6 nitrogen and oxygen atoms in total. The number of rotatable bonds is 1. The maximum Gasteiger partial charge on any atom is 0.183 e. The second-order valence-electron chi connectivity index (χ2n) is 3.43. The number of aromatic nitrogens is 5. The summed E-state index contributed by atoms with van der Waals surface area (Å²) in [7, 11) is 0. The molecule has 7 heteroatoms. The number of H-pyrrole nitrogens is 1. The third-order valence-electron chi connectivity index (χ3n) is 2.30. The highest BCUT2D eigenvalue weighted by molar-refractivity contribution is 5.84. The van der Waals surface area contributed by atoms with Crippen molar-refractivity contribution >= 4 is 17.0 Å². The van der Waals surface area contributed by atoms with E-state index in [-0.39, 0.29) is 0 Å². The molecule has 0 fully saturated rings. The van der Waals surface area contributed by atoms with Gasteiger partial charge in [0.25, 0.3) is 0 Å². The van der Waals surface area contributed by atoms with Crippen LogP contribution in [0.4, 0.5) is 10.2 Å². The lowest BCUT2D eigenvalue weighted by atomic mass is 10.3. The van der Waals surface area contributed by atoms with Gasteiger partial charge in [-0.3, -0.25) is 4.98 Å². The molecule has 3 aromatic heterocycles. The lowest BCUT2D eigenvalue weighted by Crippen LogP contribution is -1.91. The van der Waals surface area contributed by atoms with Gasteiger partial charge in [0.05, 0.1) is 6.20 Å². The van der Waals surface area contributed by atoms with Gasteiger partial charge in [0, 0.05) is 11.8 Å². The summed E-state index contributed by atoms with van der Waals surface area (Å²) >= 11 is 0. The van der Waals surface area contributed by atoms with Gasteiger partial charge in [-0.15, -0.1) is 0 Å². The van der Waals surface area contributed by atoms with Gasteiger partial charge in [0.15, 0.2) is 11.5 Å². The fraction of sp³-hybridized carbons (Fsp3) is 0. The summed E-state index contributed by atoms with van der Waals surface area (Å²) in [4.78, 5) is 18.7. The Balaban J connectivity index is 2.22. The Hall–Kier alpha value is -2.57. The Morgan fingerprint density at radius 1 is 1.24 bits per heavy atom. The van der Waals surface area contributed by atoms with Crippen molar-refractivity contribution in [2.75, 3.05) is 5.73 Å². The van der Waals surface area contributed by atoms with E-state index in [9.17, 15) is 4.39 Å². The highest BCUT2D eigenvalue weighted by atomic mass is 19.1. The zero-order chi connectivity index (χ0) is 11.8. The van der Waals surface area contributed by atoms with Crippen molar-refractivity contribution in [2.45, 2.75) is 0 Å². The summed E-state index contributed by atoms with van der Waals surface area (Å²) < 4.78 is 13.0. The molecule has 0 aliphatic heterocycles. The number of nitrogens with one attached hydrogen (secondary N) is 1. The second kappa shape index (κ2) is 3.48. The fourth-order valence-corrected chi connectivity index (χ4v) is 1.52. The third kappa shape index (κ3) is 1.57. The standard InChI is InChI=1S/C10H7FN6/c11-6-1-5(2-13-3-6)9-16-7-8(12)14-4-15-10(7)17-9/h1-4H,(H3,12,14,15,16,17). The van der Waals surface area contributed by atoms with E-state index in [2.05, 4.69) is 24.9 Å². The Morgan fingerprint density at radius 3 is 2.88 bits per heavy atom. The number of nitrogen functional groups attached to an aromatic ring is 1. The van der Waals surface area contributed by atoms with Crippen molar-refractivity contribution in [3.8, 4) is 11.4 Å². The van der Waals surface area contributed by atoms with Gasteiger partial charge in [-0.05, 0) is 6.07 Å². The van der Waals surface area contributed by atoms with Crippen molar-refractivity contribution in [3.63, 3.8) is 0 Å².